The number of pyridine rings is 1. The van der Waals surface area contributed by atoms with Crippen LogP contribution >= 0.6 is 0 Å². The molecule has 3 nitrogen and oxygen atoms in total. The minimum atomic E-state index is 0.434. The topological polar surface area (TPSA) is 38.7 Å². The molecule has 0 spiro atoms. The van der Waals surface area contributed by atoms with E-state index in [1.807, 2.05) is 24.5 Å². The van der Waals surface area contributed by atoms with Crippen LogP contribution in [-0.4, -0.2) is 12.1 Å². The first-order valence-corrected chi connectivity index (χ1v) is 6.16. The van der Waals surface area contributed by atoms with Crippen LogP contribution in [0.25, 0.3) is 0 Å². The molecule has 1 atom stereocenters. The molecule has 0 amide bonds. The summed E-state index contributed by atoms with van der Waals surface area (Å²) in [6.45, 7) is 3.18. The molecule has 0 aliphatic rings. The number of rotatable bonds is 5. The Hall–Kier alpha value is -1.87. The summed E-state index contributed by atoms with van der Waals surface area (Å²) in [7, 11) is 1.69. The number of aromatic nitrogens is 1. The van der Waals surface area contributed by atoms with E-state index in [2.05, 4.69) is 41.5 Å². The first kappa shape index (κ1) is 12.6. The van der Waals surface area contributed by atoms with E-state index in [-0.39, 0.29) is 0 Å². The Morgan fingerprint density at radius 2 is 1.78 bits per heavy atom. The zero-order valence-electron chi connectivity index (χ0n) is 10.8. The van der Waals surface area contributed by atoms with Gasteiger partial charge in [-0.1, -0.05) is 0 Å². The molecule has 1 unspecified atom stereocenters. The van der Waals surface area contributed by atoms with Crippen LogP contribution in [0.2, 0.25) is 0 Å². The monoisotopic (exact) mass is 243 g/mol. The van der Waals surface area contributed by atoms with Crippen LogP contribution in [0.15, 0.2) is 48.8 Å². The molecule has 0 aliphatic heterocycles. The molecular weight excluding hydrogens is 224 g/mol. The van der Waals surface area contributed by atoms with Crippen molar-refractivity contribution in [3.8, 4) is 5.75 Å². The molecule has 3 heteroatoms. The molecule has 2 N–H and O–H groups in total. The molecule has 2 rings (SSSR count). The van der Waals surface area contributed by atoms with Crippen molar-refractivity contribution >= 4 is 0 Å². The normalized spacial score (nSPS) is 12.1. The second-order valence-corrected chi connectivity index (χ2v) is 4.36. The van der Waals surface area contributed by atoms with Crippen molar-refractivity contribution in [2.24, 2.45) is 0 Å². The highest BCUT2D eigenvalue weighted by atomic mass is 16.5. The molecular formula is C15H19N2O+. The lowest BCUT2D eigenvalue weighted by Gasteiger charge is -2.11. The van der Waals surface area contributed by atoms with Gasteiger partial charge in [-0.3, -0.25) is 4.98 Å². The summed E-state index contributed by atoms with van der Waals surface area (Å²) in [6, 6.07) is 12.8. The van der Waals surface area contributed by atoms with Crippen LogP contribution in [0.4, 0.5) is 0 Å². The van der Waals surface area contributed by atoms with E-state index in [9.17, 15) is 0 Å². The minimum absolute atomic E-state index is 0.434. The Balaban J connectivity index is 1.93. The van der Waals surface area contributed by atoms with Gasteiger partial charge in [-0.15, -0.1) is 0 Å². The van der Waals surface area contributed by atoms with E-state index in [0.717, 1.165) is 12.3 Å². The summed E-state index contributed by atoms with van der Waals surface area (Å²) < 4.78 is 5.16. The zero-order valence-corrected chi connectivity index (χ0v) is 10.8. The molecule has 1 aromatic heterocycles. The van der Waals surface area contributed by atoms with Gasteiger partial charge in [-0.05, 0) is 43.3 Å². The summed E-state index contributed by atoms with van der Waals surface area (Å²) in [5.41, 5.74) is 2.61. The maximum Gasteiger partial charge on any atom is 0.118 e. The SMILES string of the molecule is COc1ccc(C(C)[NH2+]Cc2ccncc2)cc1. The van der Waals surface area contributed by atoms with Crippen molar-refractivity contribution in [1.82, 2.24) is 4.98 Å². The lowest BCUT2D eigenvalue weighted by Crippen LogP contribution is -2.83. The molecule has 0 saturated carbocycles. The summed E-state index contributed by atoms with van der Waals surface area (Å²) in [6.07, 6.45) is 3.67. The number of hydrogen-bond donors (Lipinski definition) is 1. The summed E-state index contributed by atoms with van der Waals surface area (Å²) in [5.74, 6) is 0.903. The third-order valence-electron chi connectivity index (χ3n) is 3.10. The Bertz CT molecular complexity index is 468. The fourth-order valence-electron chi connectivity index (χ4n) is 1.88. The molecule has 0 bridgehead atoms. The highest BCUT2D eigenvalue weighted by molar-refractivity contribution is 5.28. The van der Waals surface area contributed by atoms with Crippen LogP contribution in [0.1, 0.15) is 24.1 Å². The predicted octanol–water partition coefficient (Wildman–Crippen LogP) is 1.91. The molecule has 18 heavy (non-hydrogen) atoms. The predicted molar refractivity (Wildman–Crippen MR) is 71.3 cm³/mol. The van der Waals surface area contributed by atoms with Gasteiger partial charge >= 0.3 is 0 Å². The Morgan fingerprint density at radius 3 is 2.39 bits per heavy atom. The van der Waals surface area contributed by atoms with E-state index < -0.39 is 0 Å². The van der Waals surface area contributed by atoms with Gasteiger partial charge in [0.2, 0.25) is 0 Å². The number of hydrogen-bond acceptors (Lipinski definition) is 2. The Morgan fingerprint density at radius 1 is 1.11 bits per heavy atom. The molecule has 0 saturated heterocycles. The summed E-state index contributed by atoms with van der Waals surface area (Å²) in [4.78, 5) is 4.02. The van der Waals surface area contributed by atoms with Crippen LogP contribution in [-0.2, 0) is 6.54 Å². The van der Waals surface area contributed by atoms with Crippen molar-refractivity contribution in [3.63, 3.8) is 0 Å². The highest BCUT2D eigenvalue weighted by Gasteiger charge is 2.08. The van der Waals surface area contributed by atoms with Crippen molar-refractivity contribution in [2.75, 3.05) is 7.11 Å². The van der Waals surface area contributed by atoms with E-state index in [1.165, 1.54) is 11.1 Å². The molecule has 94 valence electrons. The van der Waals surface area contributed by atoms with E-state index in [4.69, 9.17) is 4.74 Å². The first-order valence-electron chi connectivity index (χ1n) is 6.16. The Kier molecular flexibility index (Phi) is 4.31. The van der Waals surface area contributed by atoms with Crippen molar-refractivity contribution in [3.05, 3.63) is 59.9 Å². The number of ether oxygens (including phenoxy) is 1. The molecule has 2 aromatic rings. The summed E-state index contributed by atoms with van der Waals surface area (Å²) >= 11 is 0. The third-order valence-corrected chi connectivity index (χ3v) is 3.10. The fraction of sp³-hybridized carbons (Fsp3) is 0.267. The second-order valence-electron chi connectivity index (χ2n) is 4.36. The fourth-order valence-corrected chi connectivity index (χ4v) is 1.88. The molecule has 1 heterocycles. The lowest BCUT2D eigenvalue weighted by atomic mass is 10.1. The highest BCUT2D eigenvalue weighted by Crippen LogP contribution is 2.14. The zero-order chi connectivity index (χ0) is 12.8. The number of quaternary nitrogens is 1. The van der Waals surface area contributed by atoms with E-state index in [1.54, 1.807) is 7.11 Å². The van der Waals surface area contributed by atoms with Crippen LogP contribution < -0.4 is 10.1 Å². The van der Waals surface area contributed by atoms with Gasteiger partial charge < -0.3 is 10.1 Å². The molecule has 1 aromatic carbocycles. The van der Waals surface area contributed by atoms with Gasteiger partial charge in [0.15, 0.2) is 0 Å². The maximum absolute atomic E-state index is 5.16. The average Bonchev–Trinajstić information content (AvgIpc) is 2.46. The Labute approximate surface area is 108 Å². The van der Waals surface area contributed by atoms with Gasteiger partial charge in [0, 0.05) is 23.5 Å². The van der Waals surface area contributed by atoms with Gasteiger partial charge in [-0.25, -0.2) is 0 Å². The van der Waals surface area contributed by atoms with Crippen LogP contribution in [0.3, 0.4) is 0 Å². The molecule has 0 aliphatic carbocycles. The third kappa shape index (κ3) is 3.31. The van der Waals surface area contributed by atoms with Gasteiger partial charge in [-0.2, -0.15) is 0 Å². The van der Waals surface area contributed by atoms with Gasteiger partial charge in [0.25, 0.3) is 0 Å². The summed E-state index contributed by atoms with van der Waals surface area (Å²) in [5, 5.41) is 2.32. The standard InChI is InChI=1S/C15H18N2O/c1-12(14-3-5-15(18-2)6-4-14)17-11-13-7-9-16-10-8-13/h3-10,12,17H,11H2,1-2H3/p+1. The number of benzene rings is 1. The smallest absolute Gasteiger partial charge is 0.118 e. The number of nitrogens with zero attached hydrogens (tertiary/aromatic N) is 1. The minimum Gasteiger partial charge on any atom is -0.497 e. The van der Waals surface area contributed by atoms with E-state index >= 15 is 0 Å². The van der Waals surface area contributed by atoms with Gasteiger partial charge in [0.1, 0.15) is 18.3 Å². The van der Waals surface area contributed by atoms with Crippen molar-refractivity contribution in [1.29, 1.82) is 0 Å². The molecule has 0 radical (unpaired) electrons. The van der Waals surface area contributed by atoms with Crippen LogP contribution in [0.5, 0.6) is 5.75 Å². The first-order chi connectivity index (χ1) is 8.79. The van der Waals surface area contributed by atoms with Crippen molar-refractivity contribution < 1.29 is 10.1 Å². The molecule has 0 fully saturated rings. The lowest BCUT2D eigenvalue weighted by molar-refractivity contribution is -0.707. The van der Waals surface area contributed by atoms with Crippen LogP contribution in [0, 0.1) is 0 Å². The van der Waals surface area contributed by atoms with E-state index in [0.29, 0.717) is 6.04 Å². The van der Waals surface area contributed by atoms with Gasteiger partial charge in [0.05, 0.1) is 7.11 Å². The largest absolute Gasteiger partial charge is 0.497 e. The maximum atomic E-state index is 5.16. The van der Waals surface area contributed by atoms with Crippen molar-refractivity contribution in [2.45, 2.75) is 19.5 Å². The number of methoxy groups -OCH3 is 1. The second kappa shape index (κ2) is 6.17. The quantitative estimate of drug-likeness (QED) is 0.871. The number of nitrogens with two attached hydrogens (primary N) is 1. The average molecular weight is 243 g/mol.